The van der Waals surface area contributed by atoms with Crippen LogP contribution in [0, 0.1) is 12.7 Å². The summed E-state index contributed by atoms with van der Waals surface area (Å²) in [7, 11) is 0. The Morgan fingerprint density at radius 2 is 2.18 bits per heavy atom. The number of phenols is 1. The molecule has 0 bridgehead atoms. The fraction of sp³-hybridized carbons (Fsp3) is 0.0714. The maximum atomic E-state index is 13.0. The molecule has 0 aliphatic rings. The average Bonchev–Trinajstić information content (AvgIpc) is 2.80. The van der Waals surface area contributed by atoms with E-state index in [9.17, 15) is 14.3 Å². The van der Waals surface area contributed by atoms with Gasteiger partial charge >= 0.3 is 5.97 Å². The van der Waals surface area contributed by atoms with Gasteiger partial charge in [0.25, 0.3) is 0 Å². The van der Waals surface area contributed by atoms with Crippen LogP contribution in [0.25, 0.3) is 5.52 Å². The summed E-state index contributed by atoms with van der Waals surface area (Å²) in [6.07, 6.45) is 2.63. The maximum absolute atomic E-state index is 13.0. The maximum Gasteiger partial charge on any atom is 0.337 e. The van der Waals surface area contributed by atoms with Crippen molar-refractivity contribution < 1.29 is 19.4 Å². The molecule has 0 spiro atoms. The molecule has 3 rings (SSSR count). The summed E-state index contributed by atoms with van der Waals surface area (Å²) in [4.78, 5) is 15.2. The van der Waals surface area contributed by atoms with Crippen molar-refractivity contribution in [2.75, 3.05) is 5.32 Å². The van der Waals surface area contributed by atoms with Crippen LogP contribution in [0.15, 0.2) is 30.7 Å². The van der Waals surface area contributed by atoms with Crippen LogP contribution in [0.3, 0.4) is 0 Å². The molecule has 2 heterocycles. The molecule has 0 aliphatic heterocycles. The van der Waals surface area contributed by atoms with E-state index in [2.05, 4.69) is 15.4 Å². The highest BCUT2D eigenvalue weighted by atomic mass is 19.1. The third-order valence-electron chi connectivity index (χ3n) is 3.27. The van der Waals surface area contributed by atoms with E-state index in [0.717, 1.165) is 6.07 Å². The summed E-state index contributed by atoms with van der Waals surface area (Å²) in [5, 5.41) is 25.7. The Morgan fingerprint density at radius 1 is 1.41 bits per heavy atom. The van der Waals surface area contributed by atoms with Crippen LogP contribution in [0.1, 0.15) is 15.9 Å². The van der Waals surface area contributed by atoms with Crippen molar-refractivity contribution >= 4 is 23.0 Å². The number of rotatable bonds is 3. The van der Waals surface area contributed by atoms with E-state index in [0.29, 0.717) is 16.9 Å². The number of benzene rings is 1. The lowest BCUT2D eigenvalue weighted by atomic mass is 10.2. The molecule has 7 nitrogen and oxygen atoms in total. The molecule has 1 aromatic carbocycles. The zero-order valence-corrected chi connectivity index (χ0v) is 11.4. The minimum Gasteiger partial charge on any atom is -0.506 e. The zero-order chi connectivity index (χ0) is 15.9. The standard InChI is InChI=1S/C14H11FN4O3/c1-7-9(14(21)22)5-19-12(7)13(16-6-17-19)18-10-3-2-8(15)4-11(10)20/h2-6,20H,1H3,(H,21,22)(H,16,17,18). The summed E-state index contributed by atoms with van der Waals surface area (Å²) in [5.41, 5.74) is 1.30. The van der Waals surface area contributed by atoms with Gasteiger partial charge in [-0.25, -0.2) is 18.7 Å². The van der Waals surface area contributed by atoms with Crippen molar-refractivity contribution in [1.29, 1.82) is 0 Å². The number of hydrogen-bond acceptors (Lipinski definition) is 5. The van der Waals surface area contributed by atoms with Crippen molar-refractivity contribution in [2.24, 2.45) is 0 Å². The molecule has 2 aromatic heterocycles. The number of aryl methyl sites for hydroxylation is 1. The van der Waals surface area contributed by atoms with Crippen LogP contribution in [-0.2, 0) is 0 Å². The van der Waals surface area contributed by atoms with Gasteiger partial charge in [0, 0.05) is 12.3 Å². The predicted octanol–water partition coefficient (Wildman–Crippen LogP) is 2.32. The Hall–Kier alpha value is -3.16. The van der Waals surface area contributed by atoms with Gasteiger partial charge in [0.05, 0.1) is 11.3 Å². The highest BCUT2D eigenvalue weighted by Crippen LogP contribution is 2.30. The van der Waals surface area contributed by atoms with Crippen molar-refractivity contribution in [1.82, 2.24) is 14.6 Å². The van der Waals surface area contributed by atoms with Gasteiger partial charge in [-0.05, 0) is 24.6 Å². The van der Waals surface area contributed by atoms with E-state index in [1.165, 1.54) is 29.2 Å². The van der Waals surface area contributed by atoms with Crippen LogP contribution in [0.2, 0.25) is 0 Å². The van der Waals surface area contributed by atoms with Crippen molar-refractivity contribution in [2.45, 2.75) is 6.92 Å². The molecule has 0 fully saturated rings. The fourth-order valence-corrected chi connectivity index (χ4v) is 2.21. The average molecular weight is 302 g/mol. The molecule has 8 heteroatoms. The molecule has 22 heavy (non-hydrogen) atoms. The first-order chi connectivity index (χ1) is 10.5. The monoisotopic (exact) mass is 302 g/mol. The molecule has 0 amide bonds. The number of anilines is 2. The van der Waals surface area contributed by atoms with Crippen LogP contribution < -0.4 is 5.32 Å². The smallest absolute Gasteiger partial charge is 0.337 e. The van der Waals surface area contributed by atoms with Gasteiger partial charge in [-0.15, -0.1) is 0 Å². The number of halogens is 1. The normalized spacial score (nSPS) is 10.8. The van der Waals surface area contributed by atoms with Crippen molar-refractivity contribution in [3.8, 4) is 5.75 Å². The molecular formula is C14H11FN4O3. The molecular weight excluding hydrogens is 291 g/mol. The number of carboxylic acids is 1. The topological polar surface area (TPSA) is 99.8 Å². The number of carbonyl (C=O) groups is 1. The number of fused-ring (bicyclic) bond motifs is 1. The van der Waals surface area contributed by atoms with E-state index in [1.54, 1.807) is 6.92 Å². The lowest BCUT2D eigenvalue weighted by Gasteiger charge is -2.09. The summed E-state index contributed by atoms with van der Waals surface area (Å²) in [5.74, 6) is -1.61. The second-order valence-electron chi connectivity index (χ2n) is 4.66. The minimum atomic E-state index is -1.07. The Bertz CT molecular complexity index is 891. The quantitative estimate of drug-likeness (QED) is 0.642. The fourth-order valence-electron chi connectivity index (χ4n) is 2.21. The van der Waals surface area contributed by atoms with Gasteiger partial charge in [-0.2, -0.15) is 5.10 Å². The van der Waals surface area contributed by atoms with E-state index in [-0.39, 0.29) is 17.0 Å². The highest BCUT2D eigenvalue weighted by molar-refractivity contribution is 5.94. The number of hydrogen-bond donors (Lipinski definition) is 3. The molecule has 112 valence electrons. The van der Waals surface area contributed by atoms with Gasteiger partial charge in [-0.3, -0.25) is 0 Å². The predicted molar refractivity (Wildman–Crippen MR) is 76.0 cm³/mol. The van der Waals surface area contributed by atoms with Gasteiger partial charge < -0.3 is 15.5 Å². The van der Waals surface area contributed by atoms with Crippen LogP contribution in [0.5, 0.6) is 5.75 Å². The third-order valence-corrected chi connectivity index (χ3v) is 3.27. The zero-order valence-electron chi connectivity index (χ0n) is 11.4. The Balaban J connectivity index is 2.13. The summed E-state index contributed by atoms with van der Waals surface area (Å²) in [6.45, 7) is 1.64. The lowest BCUT2D eigenvalue weighted by Crippen LogP contribution is -2.00. The van der Waals surface area contributed by atoms with Gasteiger partial charge in [-0.1, -0.05) is 0 Å². The number of carboxylic acid groups (broad SMARTS) is 1. The number of aromatic carboxylic acids is 1. The van der Waals surface area contributed by atoms with E-state index < -0.39 is 11.8 Å². The first-order valence-electron chi connectivity index (χ1n) is 6.29. The second kappa shape index (κ2) is 4.99. The number of nitrogens with one attached hydrogen (secondary N) is 1. The van der Waals surface area contributed by atoms with Gasteiger partial charge in [0.2, 0.25) is 0 Å². The molecule has 0 aliphatic carbocycles. The lowest BCUT2D eigenvalue weighted by molar-refractivity contribution is 0.0696. The molecule has 3 aromatic rings. The van der Waals surface area contributed by atoms with Crippen LogP contribution >= 0.6 is 0 Å². The Kier molecular flexibility index (Phi) is 3.13. The molecule has 0 atom stereocenters. The molecule has 3 N–H and O–H groups in total. The van der Waals surface area contributed by atoms with Gasteiger partial charge in [0.15, 0.2) is 5.82 Å². The number of aromatic hydroxyl groups is 1. The first kappa shape index (κ1) is 13.8. The van der Waals surface area contributed by atoms with E-state index >= 15 is 0 Å². The number of phenolic OH excluding ortho intramolecular Hbond substituents is 1. The SMILES string of the molecule is Cc1c(C(=O)O)cn2ncnc(Nc3ccc(F)cc3O)c12. The van der Waals surface area contributed by atoms with Crippen LogP contribution in [0.4, 0.5) is 15.9 Å². The largest absolute Gasteiger partial charge is 0.506 e. The first-order valence-corrected chi connectivity index (χ1v) is 6.29. The molecule has 0 unspecified atom stereocenters. The van der Waals surface area contributed by atoms with Gasteiger partial charge in [0.1, 0.15) is 23.4 Å². The number of nitrogens with zero attached hydrogens (tertiary/aromatic N) is 3. The third kappa shape index (κ3) is 2.20. The minimum absolute atomic E-state index is 0.104. The van der Waals surface area contributed by atoms with Crippen molar-refractivity contribution in [3.05, 3.63) is 47.7 Å². The number of aromatic nitrogens is 3. The summed E-state index contributed by atoms with van der Waals surface area (Å²) < 4.78 is 14.4. The molecule has 0 saturated carbocycles. The van der Waals surface area contributed by atoms with Crippen LogP contribution in [-0.4, -0.2) is 30.8 Å². The summed E-state index contributed by atoms with van der Waals surface area (Å²) >= 11 is 0. The van der Waals surface area contributed by atoms with Crippen molar-refractivity contribution in [3.63, 3.8) is 0 Å². The summed E-state index contributed by atoms with van der Waals surface area (Å²) in [6, 6.07) is 3.52. The van der Waals surface area contributed by atoms with E-state index in [1.807, 2.05) is 0 Å². The molecule has 0 saturated heterocycles. The Morgan fingerprint density at radius 3 is 2.86 bits per heavy atom. The second-order valence-corrected chi connectivity index (χ2v) is 4.66. The molecule has 0 radical (unpaired) electrons. The highest BCUT2D eigenvalue weighted by Gasteiger charge is 2.17. The van der Waals surface area contributed by atoms with E-state index in [4.69, 9.17) is 5.11 Å². The Labute approximate surface area is 123 Å².